The smallest absolute Gasteiger partial charge is 0.0131 e. The van der Waals surface area contributed by atoms with Gasteiger partial charge in [-0.05, 0) is 36.1 Å². The Labute approximate surface area is 67.6 Å². The maximum Gasteiger partial charge on any atom is 0.0131 e. The van der Waals surface area contributed by atoms with Crippen molar-refractivity contribution in [2.24, 2.45) is 0 Å². The summed E-state index contributed by atoms with van der Waals surface area (Å²) in [5.74, 6) is 0. The van der Waals surface area contributed by atoms with Crippen molar-refractivity contribution in [2.75, 3.05) is 0 Å². The predicted octanol–water partition coefficient (Wildman–Crippen LogP) is 2.88. The summed E-state index contributed by atoms with van der Waals surface area (Å²) in [4.78, 5) is 0. The number of hydrogen-bond donors (Lipinski definition) is 0. The molecule has 0 unspecified atom stereocenters. The van der Waals surface area contributed by atoms with Crippen LogP contribution in [0.1, 0.15) is 22.3 Å². The highest BCUT2D eigenvalue weighted by atomic mass is 14.1. The maximum atomic E-state index is 2.24. The van der Waals surface area contributed by atoms with Crippen LogP contribution < -0.4 is 0 Å². The first-order chi connectivity index (χ1) is 5.27. The van der Waals surface area contributed by atoms with Gasteiger partial charge in [-0.3, -0.25) is 0 Å². The Morgan fingerprint density at radius 3 is 2.27 bits per heavy atom. The topological polar surface area (TPSA) is 0 Å². The number of rotatable bonds is 0. The van der Waals surface area contributed by atoms with Gasteiger partial charge in [0.05, 0.1) is 0 Å². The van der Waals surface area contributed by atoms with Crippen molar-refractivity contribution >= 4 is 6.08 Å². The second-order valence-corrected chi connectivity index (χ2v) is 3.09. The molecular weight excluding hydrogens is 132 g/mol. The Balaban J connectivity index is 2.63. The average Bonchev–Trinajstić information content (AvgIpc) is 2.36. The molecule has 0 N–H and O–H groups in total. The van der Waals surface area contributed by atoms with Crippen molar-refractivity contribution in [1.29, 1.82) is 0 Å². The number of fused-ring (bicyclic) bond motifs is 1. The Morgan fingerprint density at radius 1 is 0.909 bits per heavy atom. The van der Waals surface area contributed by atoms with E-state index in [0.29, 0.717) is 0 Å². The van der Waals surface area contributed by atoms with Gasteiger partial charge >= 0.3 is 0 Å². The van der Waals surface area contributed by atoms with Gasteiger partial charge in [0, 0.05) is 6.42 Å². The van der Waals surface area contributed by atoms with Crippen LogP contribution in [-0.4, -0.2) is 0 Å². The minimum Gasteiger partial charge on any atom is -0.0755 e. The number of aryl methyl sites for hydroxylation is 2. The number of hydrogen-bond acceptors (Lipinski definition) is 0. The molecule has 0 heteroatoms. The van der Waals surface area contributed by atoms with E-state index in [1.807, 2.05) is 0 Å². The molecule has 1 aliphatic carbocycles. The van der Waals surface area contributed by atoms with Crippen LogP contribution in [0.4, 0.5) is 0 Å². The minimum atomic E-state index is 1.35. The molecule has 0 saturated carbocycles. The van der Waals surface area contributed by atoms with Gasteiger partial charge in [0.25, 0.3) is 0 Å². The molecule has 1 aromatic carbocycles. The molecule has 1 aromatic rings. The summed E-state index contributed by atoms with van der Waals surface area (Å²) in [6.07, 6.45) is 6.41. The van der Waals surface area contributed by atoms with Gasteiger partial charge in [-0.25, -0.2) is 0 Å². The van der Waals surface area contributed by atoms with Gasteiger partial charge in [-0.2, -0.15) is 0 Å². The molecule has 0 heterocycles. The van der Waals surface area contributed by atoms with E-state index in [-0.39, 0.29) is 0 Å². The van der Waals surface area contributed by atoms with Gasteiger partial charge < -0.3 is 0 Å². The van der Waals surface area contributed by atoms with E-state index < -0.39 is 0 Å². The molecule has 0 aromatic heterocycles. The van der Waals surface area contributed by atoms with Gasteiger partial charge in [-0.1, -0.05) is 24.3 Å². The van der Waals surface area contributed by atoms with Crippen molar-refractivity contribution in [2.45, 2.75) is 13.8 Å². The third-order valence-corrected chi connectivity index (χ3v) is 2.25. The van der Waals surface area contributed by atoms with Crippen molar-refractivity contribution in [1.82, 2.24) is 0 Å². The van der Waals surface area contributed by atoms with Crippen LogP contribution in [0.5, 0.6) is 0 Å². The second-order valence-electron chi connectivity index (χ2n) is 3.09. The van der Waals surface area contributed by atoms with Crippen LogP contribution >= 0.6 is 0 Å². The summed E-state index contributed by atoms with van der Waals surface area (Å²) in [6, 6.07) is 4.48. The molecule has 1 aliphatic rings. The summed E-state index contributed by atoms with van der Waals surface area (Å²) in [5, 5.41) is 0. The van der Waals surface area contributed by atoms with Crippen LogP contribution in [0.3, 0.4) is 0 Å². The van der Waals surface area contributed by atoms with Crippen molar-refractivity contribution < 1.29 is 0 Å². The lowest BCUT2D eigenvalue weighted by molar-refractivity contribution is 1.31. The summed E-state index contributed by atoms with van der Waals surface area (Å²) in [6.45, 7) is 4.31. The van der Waals surface area contributed by atoms with E-state index in [9.17, 15) is 0 Å². The molecule has 0 saturated heterocycles. The Morgan fingerprint density at radius 2 is 1.55 bits per heavy atom. The number of benzene rings is 1. The SMILES string of the molecule is Cc1cc2c(cc1C)C=C[CH]2. The third-order valence-electron chi connectivity index (χ3n) is 2.25. The van der Waals surface area contributed by atoms with Crippen LogP contribution in [0.2, 0.25) is 0 Å². The van der Waals surface area contributed by atoms with Gasteiger partial charge in [0.2, 0.25) is 0 Å². The lowest BCUT2D eigenvalue weighted by atomic mass is 10.0. The van der Waals surface area contributed by atoms with E-state index >= 15 is 0 Å². The Kier molecular flexibility index (Phi) is 1.35. The summed E-state index contributed by atoms with van der Waals surface area (Å²) in [5.41, 5.74) is 5.47. The van der Waals surface area contributed by atoms with Gasteiger partial charge in [-0.15, -0.1) is 0 Å². The molecule has 55 valence electrons. The highest BCUT2D eigenvalue weighted by Gasteiger charge is 2.05. The fourth-order valence-electron chi connectivity index (χ4n) is 1.40. The zero-order chi connectivity index (χ0) is 7.84. The van der Waals surface area contributed by atoms with Crippen LogP contribution in [0, 0.1) is 20.3 Å². The minimum absolute atomic E-state index is 1.35. The molecule has 0 nitrogen and oxygen atoms in total. The number of allylic oxidation sites excluding steroid dienone is 1. The summed E-state index contributed by atoms with van der Waals surface area (Å²) >= 11 is 0. The monoisotopic (exact) mass is 143 g/mol. The molecule has 1 radical (unpaired) electrons. The second kappa shape index (κ2) is 2.23. The van der Waals surface area contributed by atoms with E-state index in [2.05, 4.69) is 44.6 Å². The van der Waals surface area contributed by atoms with E-state index in [4.69, 9.17) is 0 Å². The van der Waals surface area contributed by atoms with Gasteiger partial charge in [0.1, 0.15) is 0 Å². The van der Waals surface area contributed by atoms with E-state index in [0.717, 1.165) is 0 Å². The molecule has 0 spiro atoms. The fourth-order valence-corrected chi connectivity index (χ4v) is 1.40. The Bertz CT molecular complexity index is 319. The predicted molar refractivity (Wildman–Crippen MR) is 48.4 cm³/mol. The summed E-state index contributed by atoms with van der Waals surface area (Å²) in [7, 11) is 0. The molecule has 11 heavy (non-hydrogen) atoms. The molecule has 0 atom stereocenters. The van der Waals surface area contributed by atoms with E-state index in [1.54, 1.807) is 0 Å². The molecule has 0 fully saturated rings. The highest BCUT2D eigenvalue weighted by Crippen LogP contribution is 2.23. The molecule has 0 amide bonds. The van der Waals surface area contributed by atoms with Gasteiger partial charge in [0.15, 0.2) is 0 Å². The summed E-state index contributed by atoms with van der Waals surface area (Å²) < 4.78 is 0. The normalized spacial score (nSPS) is 13.6. The first-order valence-electron chi connectivity index (χ1n) is 3.90. The lowest BCUT2D eigenvalue weighted by Crippen LogP contribution is -1.85. The van der Waals surface area contributed by atoms with Crippen molar-refractivity contribution in [3.8, 4) is 0 Å². The molecule has 0 bridgehead atoms. The standard InChI is InChI=1S/C11H11/c1-8-6-10-4-3-5-11(10)7-9(8)2/h3-7H,1-2H3. The zero-order valence-electron chi connectivity index (χ0n) is 6.89. The average molecular weight is 143 g/mol. The third kappa shape index (κ3) is 0.988. The van der Waals surface area contributed by atoms with Crippen LogP contribution in [0.15, 0.2) is 18.2 Å². The lowest BCUT2D eigenvalue weighted by Gasteiger charge is -2.03. The van der Waals surface area contributed by atoms with Crippen LogP contribution in [-0.2, 0) is 0 Å². The van der Waals surface area contributed by atoms with Crippen molar-refractivity contribution in [3.63, 3.8) is 0 Å². The largest absolute Gasteiger partial charge is 0.0755 e. The van der Waals surface area contributed by atoms with Crippen LogP contribution in [0.25, 0.3) is 6.08 Å². The first-order valence-corrected chi connectivity index (χ1v) is 3.90. The fraction of sp³-hybridized carbons (Fsp3) is 0.182. The molecule has 2 rings (SSSR count). The quantitative estimate of drug-likeness (QED) is 0.524. The maximum absolute atomic E-state index is 2.24. The molecule has 0 aliphatic heterocycles. The van der Waals surface area contributed by atoms with Crippen molar-refractivity contribution in [3.05, 3.63) is 46.9 Å². The molecular formula is C11H11. The van der Waals surface area contributed by atoms with E-state index in [1.165, 1.54) is 22.3 Å². The first kappa shape index (κ1) is 6.66. The Hall–Kier alpha value is -1.04. The zero-order valence-corrected chi connectivity index (χ0v) is 6.89. The highest BCUT2D eigenvalue weighted by molar-refractivity contribution is 5.66.